The zero-order valence-corrected chi connectivity index (χ0v) is 17.3. The molecule has 3 aromatic rings. The lowest BCUT2D eigenvalue weighted by atomic mass is 10.1. The second-order valence-corrected chi connectivity index (χ2v) is 7.13. The van der Waals surface area contributed by atoms with Gasteiger partial charge in [-0.05, 0) is 35.4 Å². The molecule has 158 valence electrons. The number of hydrogen-bond acceptors (Lipinski definition) is 4. The van der Waals surface area contributed by atoms with Crippen LogP contribution in [0.1, 0.15) is 27.5 Å². The first-order valence-corrected chi connectivity index (χ1v) is 9.99. The minimum Gasteiger partial charge on any atom is -0.454 e. The Kier molecular flexibility index (Phi) is 7.79. The molecular formula is C24H21ClN2O4. The summed E-state index contributed by atoms with van der Waals surface area (Å²) in [6.45, 7) is -0.215. The first-order chi connectivity index (χ1) is 15.0. The summed E-state index contributed by atoms with van der Waals surface area (Å²) in [6, 6.07) is 23.3. The van der Waals surface area contributed by atoms with Gasteiger partial charge in [0.2, 0.25) is 0 Å². The van der Waals surface area contributed by atoms with E-state index in [1.54, 1.807) is 78.9 Å². The third-order valence-electron chi connectivity index (χ3n) is 4.40. The number of benzene rings is 3. The lowest BCUT2D eigenvalue weighted by Gasteiger charge is -2.18. The second-order valence-electron chi connectivity index (χ2n) is 6.70. The van der Waals surface area contributed by atoms with Gasteiger partial charge in [-0.15, -0.1) is 0 Å². The summed E-state index contributed by atoms with van der Waals surface area (Å²) in [6.07, 6.45) is 0. The van der Waals surface area contributed by atoms with Crippen molar-refractivity contribution in [1.29, 1.82) is 0 Å². The van der Waals surface area contributed by atoms with Crippen LogP contribution in [-0.2, 0) is 20.9 Å². The molecule has 6 nitrogen and oxygen atoms in total. The molecule has 2 N–H and O–H groups in total. The molecule has 1 unspecified atom stereocenters. The van der Waals surface area contributed by atoms with Crippen LogP contribution in [0.2, 0.25) is 5.02 Å². The van der Waals surface area contributed by atoms with Crippen LogP contribution in [0.3, 0.4) is 0 Å². The third kappa shape index (κ3) is 6.69. The summed E-state index contributed by atoms with van der Waals surface area (Å²) in [5.41, 5.74) is 1.79. The lowest BCUT2D eigenvalue weighted by Crippen LogP contribution is -2.37. The molecule has 0 aliphatic rings. The molecule has 3 rings (SSSR count). The van der Waals surface area contributed by atoms with Gasteiger partial charge in [-0.3, -0.25) is 9.59 Å². The van der Waals surface area contributed by atoms with Gasteiger partial charge in [0.1, 0.15) is 0 Å². The standard InChI is InChI=1S/C24H21ClN2O4/c25-20-13-7-8-17(14-20)15-26-21(28)16-31-24(30)22(18-9-3-1-4-10-18)27-23(29)19-11-5-2-6-12-19/h1-14,22H,15-16H2,(H,26,28)(H,27,29). The maximum absolute atomic E-state index is 12.7. The summed E-state index contributed by atoms with van der Waals surface area (Å²) in [5.74, 6) is -1.61. The van der Waals surface area contributed by atoms with Crippen molar-refractivity contribution in [2.45, 2.75) is 12.6 Å². The molecule has 0 heterocycles. The van der Waals surface area contributed by atoms with Crippen molar-refractivity contribution in [2.75, 3.05) is 6.61 Å². The summed E-state index contributed by atoms with van der Waals surface area (Å²) in [7, 11) is 0. The molecular weight excluding hydrogens is 416 g/mol. The van der Waals surface area contributed by atoms with Gasteiger partial charge in [0.05, 0.1) is 0 Å². The SMILES string of the molecule is O=C(COC(=O)C(NC(=O)c1ccccc1)c1ccccc1)NCc1cccc(Cl)c1. The smallest absolute Gasteiger partial charge is 0.333 e. The minimum absolute atomic E-state index is 0.254. The number of ether oxygens (including phenoxy) is 1. The number of halogens is 1. The van der Waals surface area contributed by atoms with Crippen LogP contribution in [0.5, 0.6) is 0 Å². The molecule has 2 amide bonds. The Morgan fingerprint density at radius 2 is 1.55 bits per heavy atom. The maximum atomic E-state index is 12.7. The predicted octanol–water partition coefficient (Wildman–Crippen LogP) is 3.67. The van der Waals surface area contributed by atoms with Crippen molar-refractivity contribution in [1.82, 2.24) is 10.6 Å². The van der Waals surface area contributed by atoms with E-state index in [9.17, 15) is 14.4 Å². The Labute approximate surface area is 185 Å². The monoisotopic (exact) mass is 436 g/mol. The zero-order chi connectivity index (χ0) is 22.1. The molecule has 0 aliphatic carbocycles. The molecule has 0 saturated heterocycles. The van der Waals surface area contributed by atoms with E-state index in [4.69, 9.17) is 16.3 Å². The molecule has 0 aromatic heterocycles. The van der Waals surface area contributed by atoms with E-state index in [0.29, 0.717) is 16.1 Å². The summed E-state index contributed by atoms with van der Waals surface area (Å²) < 4.78 is 5.18. The van der Waals surface area contributed by atoms with Gasteiger partial charge in [0, 0.05) is 17.1 Å². The number of carbonyl (C=O) groups excluding carboxylic acids is 3. The van der Waals surface area contributed by atoms with Crippen LogP contribution < -0.4 is 10.6 Å². The minimum atomic E-state index is -1.05. The molecule has 3 aromatic carbocycles. The van der Waals surface area contributed by atoms with E-state index in [-0.39, 0.29) is 6.54 Å². The summed E-state index contributed by atoms with van der Waals surface area (Å²) in [4.78, 5) is 37.3. The molecule has 31 heavy (non-hydrogen) atoms. The molecule has 0 bridgehead atoms. The first-order valence-electron chi connectivity index (χ1n) is 9.61. The zero-order valence-electron chi connectivity index (χ0n) is 16.6. The van der Waals surface area contributed by atoms with Crippen molar-refractivity contribution in [2.24, 2.45) is 0 Å². The number of carbonyl (C=O) groups is 3. The van der Waals surface area contributed by atoms with E-state index in [2.05, 4.69) is 10.6 Å². The Balaban J connectivity index is 1.60. The first kappa shape index (κ1) is 22.1. The van der Waals surface area contributed by atoms with E-state index >= 15 is 0 Å². The predicted molar refractivity (Wildman–Crippen MR) is 117 cm³/mol. The number of amides is 2. The molecule has 0 radical (unpaired) electrons. The van der Waals surface area contributed by atoms with Gasteiger partial charge in [0.15, 0.2) is 12.6 Å². The van der Waals surface area contributed by atoms with E-state index in [1.807, 2.05) is 6.07 Å². The van der Waals surface area contributed by atoms with Gasteiger partial charge in [-0.1, -0.05) is 72.3 Å². The highest BCUT2D eigenvalue weighted by molar-refractivity contribution is 6.30. The summed E-state index contributed by atoms with van der Waals surface area (Å²) in [5, 5.41) is 5.91. The highest BCUT2D eigenvalue weighted by Crippen LogP contribution is 2.16. The van der Waals surface area contributed by atoms with Crippen molar-refractivity contribution >= 4 is 29.4 Å². The van der Waals surface area contributed by atoms with Crippen molar-refractivity contribution in [3.05, 3.63) is 107 Å². The molecule has 1 atom stereocenters. The van der Waals surface area contributed by atoms with Crippen molar-refractivity contribution in [3.8, 4) is 0 Å². The molecule has 0 aliphatic heterocycles. The Morgan fingerprint density at radius 3 is 2.23 bits per heavy atom. The fourth-order valence-corrected chi connectivity index (χ4v) is 3.06. The number of rotatable bonds is 8. The van der Waals surface area contributed by atoms with Gasteiger partial charge in [-0.25, -0.2) is 4.79 Å². The fraction of sp³-hybridized carbons (Fsp3) is 0.125. The Morgan fingerprint density at radius 1 is 0.871 bits per heavy atom. The quantitative estimate of drug-likeness (QED) is 0.528. The van der Waals surface area contributed by atoms with Crippen molar-refractivity contribution in [3.63, 3.8) is 0 Å². The summed E-state index contributed by atoms with van der Waals surface area (Å²) >= 11 is 5.93. The largest absolute Gasteiger partial charge is 0.454 e. The van der Waals surface area contributed by atoms with E-state index in [1.165, 1.54) is 0 Å². The number of nitrogens with one attached hydrogen (secondary N) is 2. The Bertz CT molecular complexity index is 1040. The topological polar surface area (TPSA) is 84.5 Å². The normalized spacial score (nSPS) is 11.3. The van der Waals surface area contributed by atoms with E-state index < -0.39 is 30.4 Å². The van der Waals surface area contributed by atoms with Crippen LogP contribution in [0.25, 0.3) is 0 Å². The second kappa shape index (κ2) is 10.9. The third-order valence-corrected chi connectivity index (χ3v) is 4.64. The molecule has 0 spiro atoms. The Hall–Kier alpha value is -3.64. The highest BCUT2D eigenvalue weighted by atomic mass is 35.5. The van der Waals surface area contributed by atoms with Gasteiger partial charge < -0.3 is 15.4 Å². The van der Waals surface area contributed by atoms with Crippen LogP contribution in [0.4, 0.5) is 0 Å². The van der Waals surface area contributed by atoms with Crippen LogP contribution in [0, 0.1) is 0 Å². The van der Waals surface area contributed by atoms with Crippen LogP contribution >= 0.6 is 11.6 Å². The maximum Gasteiger partial charge on any atom is 0.333 e. The molecule has 0 saturated carbocycles. The van der Waals surface area contributed by atoms with Crippen LogP contribution in [-0.4, -0.2) is 24.4 Å². The highest BCUT2D eigenvalue weighted by Gasteiger charge is 2.25. The van der Waals surface area contributed by atoms with Crippen molar-refractivity contribution < 1.29 is 19.1 Å². The number of hydrogen-bond donors (Lipinski definition) is 2. The number of esters is 1. The lowest BCUT2D eigenvalue weighted by molar-refractivity contribution is -0.150. The fourth-order valence-electron chi connectivity index (χ4n) is 2.85. The van der Waals surface area contributed by atoms with Gasteiger partial charge in [-0.2, -0.15) is 0 Å². The molecule has 0 fully saturated rings. The van der Waals surface area contributed by atoms with Gasteiger partial charge in [0.25, 0.3) is 11.8 Å². The average Bonchev–Trinajstić information content (AvgIpc) is 2.80. The van der Waals surface area contributed by atoms with Crippen LogP contribution in [0.15, 0.2) is 84.9 Å². The molecule has 7 heteroatoms. The average molecular weight is 437 g/mol. The van der Waals surface area contributed by atoms with Gasteiger partial charge >= 0.3 is 5.97 Å². The van der Waals surface area contributed by atoms with E-state index in [0.717, 1.165) is 5.56 Å².